The maximum atomic E-state index is 11.9. The molecule has 8 heteroatoms. The monoisotopic (exact) mass is 384 g/mol. The number of halogens is 1. The van der Waals surface area contributed by atoms with Crippen LogP contribution in [0.1, 0.15) is 26.3 Å². The average Bonchev–Trinajstić information content (AvgIpc) is 2.96. The number of aryl methyl sites for hydroxylation is 1. The van der Waals surface area contributed by atoms with E-state index in [0.717, 1.165) is 15.6 Å². The molecule has 0 aliphatic carbocycles. The summed E-state index contributed by atoms with van der Waals surface area (Å²) in [6, 6.07) is 5.90. The smallest absolute Gasteiger partial charge is 0.230 e. The second kappa shape index (κ2) is 8.69. The Labute approximate surface area is 155 Å². The zero-order valence-electron chi connectivity index (χ0n) is 14.1. The highest BCUT2D eigenvalue weighted by atomic mass is 35.5. The first-order valence-corrected chi connectivity index (χ1v) is 9.82. The number of thioether (sulfide) groups is 1. The van der Waals surface area contributed by atoms with E-state index in [1.807, 2.05) is 32.0 Å². The lowest BCUT2D eigenvalue weighted by Gasteiger charge is -2.16. The van der Waals surface area contributed by atoms with Crippen molar-refractivity contribution < 1.29 is 4.79 Å². The van der Waals surface area contributed by atoms with Crippen molar-refractivity contribution >= 4 is 51.4 Å². The summed E-state index contributed by atoms with van der Waals surface area (Å²) in [5.41, 5.74) is 1.89. The summed E-state index contributed by atoms with van der Waals surface area (Å²) in [7, 11) is 0. The van der Waals surface area contributed by atoms with Crippen LogP contribution in [-0.4, -0.2) is 27.9 Å². The molecule has 1 atom stereocenters. The van der Waals surface area contributed by atoms with E-state index >= 15 is 0 Å². The molecule has 1 unspecified atom stereocenters. The minimum Gasteiger partial charge on any atom is -0.353 e. The minimum atomic E-state index is 0.0104. The van der Waals surface area contributed by atoms with Crippen molar-refractivity contribution in [2.24, 2.45) is 5.92 Å². The number of aromatic nitrogens is 2. The Morgan fingerprint density at radius 1 is 1.33 bits per heavy atom. The van der Waals surface area contributed by atoms with Crippen LogP contribution >= 0.6 is 34.7 Å². The van der Waals surface area contributed by atoms with Gasteiger partial charge in [-0.2, -0.15) is 0 Å². The fourth-order valence-corrected chi connectivity index (χ4v) is 3.47. The number of anilines is 2. The lowest BCUT2D eigenvalue weighted by atomic mass is 10.1. The van der Waals surface area contributed by atoms with E-state index in [4.69, 9.17) is 11.6 Å². The predicted octanol–water partition coefficient (Wildman–Crippen LogP) is 4.50. The van der Waals surface area contributed by atoms with Crippen LogP contribution in [-0.2, 0) is 4.79 Å². The van der Waals surface area contributed by atoms with Gasteiger partial charge in [-0.3, -0.25) is 4.79 Å². The quantitative estimate of drug-likeness (QED) is 0.688. The molecule has 1 aromatic carbocycles. The summed E-state index contributed by atoms with van der Waals surface area (Å²) in [5.74, 6) is 0.760. The van der Waals surface area contributed by atoms with Crippen LogP contribution in [0, 0.1) is 12.8 Å². The molecular weight excluding hydrogens is 364 g/mol. The van der Waals surface area contributed by atoms with Gasteiger partial charge in [0.1, 0.15) is 0 Å². The molecule has 0 aliphatic heterocycles. The number of rotatable bonds is 7. The van der Waals surface area contributed by atoms with Gasteiger partial charge in [-0.15, -0.1) is 10.2 Å². The molecule has 1 heterocycles. The van der Waals surface area contributed by atoms with Crippen LogP contribution in [0.2, 0.25) is 5.02 Å². The largest absolute Gasteiger partial charge is 0.353 e. The first-order valence-electron chi connectivity index (χ1n) is 7.64. The number of hydrogen-bond donors (Lipinski definition) is 2. The maximum absolute atomic E-state index is 11.9. The summed E-state index contributed by atoms with van der Waals surface area (Å²) in [5, 5.41) is 15.7. The summed E-state index contributed by atoms with van der Waals surface area (Å²) in [4.78, 5) is 11.9. The Hall–Kier alpha value is -1.31. The molecule has 0 radical (unpaired) electrons. The second-order valence-corrected chi connectivity index (χ2v) is 8.46. The van der Waals surface area contributed by atoms with Crippen LogP contribution in [0.25, 0.3) is 0 Å². The third kappa shape index (κ3) is 5.65. The fourth-order valence-electron chi connectivity index (χ4n) is 1.70. The van der Waals surface area contributed by atoms with Gasteiger partial charge in [-0.05, 0) is 37.5 Å². The maximum Gasteiger partial charge on any atom is 0.230 e. The van der Waals surface area contributed by atoms with Crippen molar-refractivity contribution in [2.75, 3.05) is 11.1 Å². The SMILES string of the molecule is Cc1ccc(Nc2nnc(SCC(=O)NC(C)C(C)C)s2)cc1Cl. The molecule has 0 aliphatic rings. The summed E-state index contributed by atoms with van der Waals surface area (Å²) < 4.78 is 0.753. The van der Waals surface area contributed by atoms with E-state index < -0.39 is 0 Å². The normalized spacial score (nSPS) is 12.2. The third-order valence-electron chi connectivity index (χ3n) is 3.54. The Kier molecular flexibility index (Phi) is 6.89. The van der Waals surface area contributed by atoms with Gasteiger partial charge in [0.15, 0.2) is 4.34 Å². The predicted molar refractivity (Wildman–Crippen MR) is 103 cm³/mol. The van der Waals surface area contributed by atoms with Crippen molar-refractivity contribution in [3.63, 3.8) is 0 Å². The van der Waals surface area contributed by atoms with Crippen molar-refractivity contribution in [2.45, 2.75) is 38.1 Å². The molecule has 0 saturated heterocycles. The number of nitrogens with one attached hydrogen (secondary N) is 2. The van der Waals surface area contributed by atoms with Gasteiger partial charge in [0.05, 0.1) is 5.75 Å². The summed E-state index contributed by atoms with van der Waals surface area (Å²) in [6.07, 6.45) is 0. The molecule has 1 aromatic heterocycles. The van der Waals surface area contributed by atoms with Gasteiger partial charge >= 0.3 is 0 Å². The van der Waals surface area contributed by atoms with E-state index in [0.29, 0.717) is 21.8 Å². The zero-order chi connectivity index (χ0) is 17.7. The Morgan fingerprint density at radius 2 is 2.08 bits per heavy atom. The number of benzene rings is 1. The van der Waals surface area contributed by atoms with Gasteiger partial charge in [0.25, 0.3) is 0 Å². The van der Waals surface area contributed by atoms with Gasteiger partial charge in [0, 0.05) is 16.8 Å². The van der Waals surface area contributed by atoms with Gasteiger partial charge in [-0.1, -0.05) is 54.6 Å². The van der Waals surface area contributed by atoms with Crippen molar-refractivity contribution in [3.8, 4) is 0 Å². The number of amides is 1. The average molecular weight is 385 g/mol. The van der Waals surface area contributed by atoms with Crippen LogP contribution in [0.4, 0.5) is 10.8 Å². The molecule has 5 nitrogen and oxygen atoms in total. The first-order chi connectivity index (χ1) is 11.3. The van der Waals surface area contributed by atoms with Crippen molar-refractivity contribution in [1.29, 1.82) is 0 Å². The second-order valence-electron chi connectivity index (χ2n) is 5.85. The lowest BCUT2D eigenvalue weighted by molar-refractivity contribution is -0.119. The van der Waals surface area contributed by atoms with E-state index in [1.54, 1.807) is 0 Å². The Bertz CT molecular complexity index is 705. The highest BCUT2D eigenvalue weighted by Gasteiger charge is 2.12. The van der Waals surface area contributed by atoms with Crippen LogP contribution in [0.5, 0.6) is 0 Å². The molecule has 0 saturated carbocycles. The molecular formula is C16H21ClN4OS2. The standard InChI is InChI=1S/C16H21ClN4OS2/c1-9(2)11(4)18-14(22)8-23-16-21-20-15(24-16)19-12-6-5-10(3)13(17)7-12/h5-7,9,11H,8H2,1-4H3,(H,18,22)(H,19,20). The highest BCUT2D eigenvalue weighted by Crippen LogP contribution is 2.29. The molecule has 0 bridgehead atoms. The van der Waals surface area contributed by atoms with Crippen LogP contribution in [0.15, 0.2) is 22.5 Å². The fraction of sp³-hybridized carbons (Fsp3) is 0.438. The van der Waals surface area contributed by atoms with Crippen LogP contribution in [0.3, 0.4) is 0 Å². The van der Waals surface area contributed by atoms with E-state index in [9.17, 15) is 4.79 Å². The Balaban J connectivity index is 1.86. The van der Waals surface area contributed by atoms with Gasteiger partial charge < -0.3 is 10.6 Å². The van der Waals surface area contributed by atoms with Gasteiger partial charge in [0.2, 0.25) is 11.0 Å². The third-order valence-corrected chi connectivity index (χ3v) is 5.92. The van der Waals surface area contributed by atoms with E-state index in [-0.39, 0.29) is 11.9 Å². The minimum absolute atomic E-state index is 0.0104. The summed E-state index contributed by atoms with van der Waals surface area (Å²) >= 11 is 8.91. The van der Waals surface area contributed by atoms with Crippen LogP contribution < -0.4 is 10.6 Å². The highest BCUT2D eigenvalue weighted by molar-refractivity contribution is 8.01. The van der Waals surface area contributed by atoms with Gasteiger partial charge in [-0.25, -0.2) is 0 Å². The topological polar surface area (TPSA) is 66.9 Å². The number of carbonyl (C=O) groups excluding carboxylic acids is 1. The molecule has 24 heavy (non-hydrogen) atoms. The first kappa shape index (κ1) is 19.0. The molecule has 2 rings (SSSR count). The van der Waals surface area contributed by atoms with Crippen molar-refractivity contribution in [1.82, 2.24) is 15.5 Å². The molecule has 2 N–H and O–H groups in total. The lowest BCUT2D eigenvalue weighted by Crippen LogP contribution is -2.37. The molecule has 1 amide bonds. The molecule has 0 spiro atoms. The van der Waals surface area contributed by atoms with E-state index in [2.05, 4.69) is 34.7 Å². The molecule has 130 valence electrons. The molecule has 2 aromatic rings. The molecule has 0 fully saturated rings. The number of nitrogens with zero attached hydrogens (tertiary/aromatic N) is 2. The van der Waals surface area contributed by atoms with Crippen molar-refractivity contribution in [3.05, 3.63) is 28.8 Å². The zero-order valence-corrected chi connectivity index (χ0v) is 16.5. The summed E-state index contributed by atoms with van der Waals surface area (Å²) in [6.45, 7) is 8.13. The number of hydrogen-bond acceptors (Lipinski definition) is 6. The Morgan fingerprint density at radius 3 is 2.75 bits per heavy atom. The number of carbonyl (C=O) groups is 1. The van der Waals surface area contributed by atoms with E-state index in [1.165, 1.54) is 23.1 Å².